The molecule has 4 nitrogen and oxygen atoms in total. The number of rotatable bonds is 2. The van der Waals surface area contributed by atoms with Gasteiger partial charge in [0, 0.05) is 17.5 Å². The number of nitro groups is 1. The summed E-state index contributed by atoms with van der Waals surface area (Å²) in [6.07, 6.45) is -0.596. The lowest BCUT2D eigenvalue weighted by Crippen LogP contribution is -2.28. The number of benzene rings is 1. The fourth-order valence-electron chi connectivity index (χ4n) is 1.62. The summed E-state index contributed by atoms with van der Waals surface area (Å²) in [5.74, 6) is -3.11. The average molecular weight is 249 g/mol. The Morgan fingerprint density at radius 3 is 2.50 bits per heavy atom. The Balaban J connectivity index is 2.56. The minimum atomic E-state index is -3.11. The Bertz CT molecular complexity index is 481. The Morgan fingerprint density at radius 2 is 2.06 bits per heavy atom. The van der Waals surface area contributed by atoms with Crippen LogP contribution in [0.5, 0.6) is 0 Å². The lowest BCUT2D eigenvalue weighted by molar-refractivity contribution is -0.386. The van der Waals surface area contributed by atoms with Gasteiger partial charge >= 0.3 is 0 Å². The highest BCUT2D eigenvalue weighted by Crippen LogP contribution is 2.59. The van der Waals surface area contributed by atoms with Gasteiger partial charge in [0.2, 0.25) is 0 Å². The van der Waals surface area contributed by atoms with Crippen LogP contribution in [0, 0.1) is 10.1 Å². The Kier molecular flexibility index (Phi) is 2.18. The molecule has 0 amide bonds. The van der Waals surface area contributed by atoms with Crippen molar-refractivity contribution in [3.63, 3.8) is 0 Å². The molecule has 1 aliphatic carbocycles. The molecule has 0 aliphatic heterocycles. The number of nitro benzene ring substituents is 1. The van der Waals surface area contributed by atoms with Crippen molar-refractivity contribution in [3.05, 3.63) is 38.9 Å². The molecule has 0 spiro atoms. The molecule has 2 rings (SSSR count). The first-order chi connectivity index (χ1) is 7.28. The van der Waals surface area contributed by atoms with Gasteiger partial charge in [0.1, 0.15) is 5.54 Å². The summed E-state index contributed by atoms with van der Waals surface area (Å²) >= 11 is 5.63. The zero-order valence-corrected chi connectivity index (χ0v) is 8.67. The number of nitrogens with two attached hydrogens (primary N) is 1. The third-order valence-corrected chi connectivity index (χ3v) is 2.90. The lowest BCUT2D eigenvalue weighted by atomic mass is 10.0. The average Bonchev–Trinajstić information content (AvgIpc) is 2.66. The fraction of sp³-hybridized carbons (Fsp3) is 0.333. The molecule has 2 N–H and O–H groups in total. The van der Waals surface area contributed by atoms with E-state index in [-0.39, 0.29) is 10.6 Å². The molecule has 7 heteroatoms. The topological polar surface area (TPSA) is 69.2 Å². The molecule has 86 valence electrons. The van der Waals surface area contributed by atoms with Gasteiger partial charge in [-0.25, -0.2) is 8.78 Å². The van der Waals surface area contributed by atoms with E-state index < -0.39 is 28.5 Å². The second-order valence-electron chi connectivity index (χ2n) is 3.77. The number of alkyl halides is 2. The second kappa shape index (κ2) is 3.11. The first-order valence-electron chi connectivity index (χ1n) is 4.39. The Morgan fingerprint density at radius 1 is 1.50 bits per heavy atom. The van der Waals surface area contributed by atoms with Crippen LogP contribution in [0.2, 0.25) is 5.02 Å². The van der Waals surface area contributed by atoms with Gasteiger partial charge in [-0.3, -0.25) is 10.1 Å². The van der Waals surface area contributed by atoms with Crippen LogP contribution >= 0.6 is 11.6 Å². The van der Waals surface area contributed by atoms with Gasteiger partial charge < -0.3 is 5.73 Å². The molecule has 1 aromatic carbocycles. The monoisotopic (exact) mass is 248 g/mol. The largest absolute Gasteiger partial charge is 0.316 e. The van der Waals surface area contributed by atoms with E-state index in [0.717, 1.165) is 12.1 Å². The second-order valence-corrected chi connectivity index (χ2v) is 4.21. The zero-order valence-electron chi connectivity index (χ0n) is 7.91. The van der Waals surface area contributed by atoms with Gasteiger partial charge in [-0.15, -0.1) is 0 Å². The summed E-state index contributed by atoms with van der Waals surface area (Å²) in [5, 5.41) is 10.8. The minimum Gasteiger partial charge on any atom is -0.316 e. The van der Waals surface area contributed by atoms with E-state index in [4.69, 9.17) is 17.3 Å². The maximum atomic E-state index is 13.1. The highest BCUT2D eigenvalue weighted by atomic mass is 35.5. The van der Waals surface area contributed by atoms with Crippen molar-refractivity contribution in [3.8, 4) is 0 Å². The zero-order chi connectivity index (χ0) is 12.1. The highest BCUT2D eigenvalue weighted by Gasteiger charge is 2.71. The van der Waals surface area contributed by atoms with Crippen LogP contribution in [-0.4, -0.2) is 10.8 Å². The minimum absolute atomic E-state index is 0.146. The molecule has 0 bridgehead atoms. The standard InChI is InChI=1S/C9H7ClF2N2O2/c10-5-1-2-7(14(15)16)6(3-5)8(13)4-9(8,11)12/h1-3H,4,13H2. The van der Waals surface area contributed by atoms with Crippen LogP contribution in [-0.2, 0) is 5.54 Å². The molecule has 0 saturated heterocycles. The first-order valence-corrected chi connectivity index (χ1v) is 4.77. The summed E-state index contributed by atoms with van der Waals surface area (Å²) in [5.41, 5.74) is 2.84. The van der Waals surface area contributed by atoms with Gasteiger partial charge in [-0.2, -0.15) is 0 Å². The van der Waals surface area contributed by atoms with Gasteiger partial charge in [0.25, 0.3) is 11.6 Å². The smallest absolute Gasteiger partial charge is 0.274 e. The summed E-state index contributed by atoms with van der Waals surface area (Å²) in [6, 6.07) is 3.48. The van der Waals surface area contributed by atoms with Gasteiger partial charge in [0.05, 0.1) is 10.5 Å². The van der Waals surface area contributed by atoms with E-state index in [1.807, 2.05) is 0 Å². The normalized spacial score (nSPS) is 26.5. The molecule has 1 unspecified atom stereocenters. The van der Waals surface area contributed by atoms with Crippen LogP contribution < -0.4 is 5.73 Å². The summed E-state index contributed by atoms with van der Waals surface area (Å²) in [4.78, 5) is 9.94. The number of nitrogens with zero attached hydrogens (tertiary/aromatic N) is 1. The van der Waals surface area contributed by atoms with Crippen LogP contribution in [0.25, 0.3) is 0 Å². The fourth-order valence-corrected chi connectivity index (χ4v) is 1.80. The van der Waals surface area contributed by atoms with E-state index in [1.54, 1.807) is 0 Å². The van der Waals surface area contributed by atoms with Gasteiger partial charge in [0.15, 0.2) is 0 Å². The third-order valence-electron chi connectivity index (χ3n) is 2.66. The molecule has 0 heterocycles. The molecule has 1 aromatic rings. The molecule has 0 aromatic heterocycles. The van der Waals surface area contributed by atoms with E-state index in [2.05, 4.69) is 0 Å². The maximum Gasteiger partial charge on any atom is 0.274 e. The maximum absolute atomic E-state index is 13.1. The van der Waals surface area contributed by atoms with Crippen molar-refractivity contribution in [2.75, 3.05) is 0 Å². The number of halogens is 3. The van der Waals surface area contributed by atoms with E-state index in [1.165, 1.54) is 6.07 Å². The first kappa shape index (κ1) is 11.2. The molecule has 1 aliphatic rings. The van der Waals surface area contributed by atoms with E-state index >= 15 is 0 Å². The quantitative estimate of drug-likeness (QED) is 0.646. The van der Waals surface area contributed by atoms with Gasteiger partial charge in [-0.1, -0.05) is 11.6 Å². The highest BCUT2D eigenvalue weighted by molar-refractivity contribution is 6.30. The molecule has 0 radical (unpaired) electrons. The molecular weight excluding hydrogens is 242 g/mol. The van der Waals surface area contributed by atoms with Crippen molar-refractivity contribution in [1.82, 2.24) is 0 Å². The van der Waals surface area contributed by atoms with Crippen molar-refractivity contribution in [2.24, 2.45) is 5.73 Å². The van der Waals surface area contributed by atoms with Crippen molar-refractivity contribution >= 4 is 17.3 Å². The Labute approximate surface area is 94.1 Å². The third kappa shape index (κ3) is 1.45. The van der Waals surface area contributed by atoms with Crippen molar-refractivity contribution in [1.29, 1.82) is 0 Å². The summed E-state index contributed by atoms with van der Waals surface area (Å²) < 4.78 is 26.1. The molecule has 16 heavy (non-hydrogen) atoms. The molecule has 1 atom stereocenters. The van der Waals surface area contributed by atoms with Crippen LogP contribution in [0.1, 0.15) is 12.0 Å². The Hall–Kier alpha value is -1.27. The summed E-state index contributed by atoms with van der Waals surface area (Å²) in [7, 11) is 0. The molecule has 1 saturated carbocycles. The van der Waals surface area contributed by atoms with Crippen LogP contribution in [0.4, 0.5) is 14.5 Å². The number of hydrogen-bond acceptors (Lipinski definition) is 3. The molecular formula is C9H7ClF2N2O2. The van der Waals surface area contributed by atoms with Crippen molar-refractivity contribution < 1.29 is 13.7 Å². The van der Waals surface area contributed by atoms with E-state index in [0.29, 0.717) is 0 Å². The summed E-state index contributed by atoms with van der Waals surface area (Å²) in [6.45, 7) is 0. The molecule has 1 fully saturated rings. The van der Waals surface area contributed by atoms with Crippen molar-refractivity contribution in [2.45, 2.75) is 17.9 Å². The predicted octanol–water partition coefficient (Wildman–Crippen LogP) is 2.44. The predicted molar refractivity (Wildman–Crippen MR) is 53.5 cm³/mol. The van der Waals surface area contributed by atoms with Crippen LogP contribution in [0.3, 0.4) is 0 Å². The van der Waals surface area contributed by atoms with Crippen LogP contribution in [0.15, 0.2) is 18.2 Å². The number of hydrogen-bond donors (Lipinski definition) is 1. The SMILES string of the molecule is NC1(c2cc(Cl)ccc2[N+](=O)[O-])CC1(F)F. The van der Waals surface area contributed by atoms with E-state index in [9.17, 15) is 18.9 Å². The lowest BCUT2D eigenvalue weighted by Gasteiger charge is -2.11. The van der Waals surface area contributed by atoms with Gasteiger partial charge in [-0.05, 0) is 12.1 Å².